The van der Waals surface area contributed by atoms with Crippen LogP contribution >= 0.6 is 8.58 Å². The fourth-order valence-electron chi connectivity index (χ4n) is 1.66. The highest BCUT2D eigenvalue weighted by Gasteiger charge is 2.27. The number of fused-ring (bicyclic) bond motifs is 2. The Balaban J connectivity index is 2.03. The lowest BCUT2D eigenvalue weighted by Gasteiger charge is -2.19. The van der Waals surface area contributed by atoms with Crippen LogP contribution in [0.25, 0.3) is 0 Å². The number of nitrogens with one attached hydrogen (secondary N) is 1. The summed E-state index contributed by atoms with van der Waals surface area (Å²) in [6.45, 7) is 2.63. The monoisotopic (exact) mass is 129 g/mol. The van der Waals surface area contributed by atoms with Gasteiger partial charge in [0, 0.05) is 13.1 Å². The van der Waals surface area contributed by atoms with Crippen molar-refractivity contribution >= 4 is 8.58 Å². The zero-order valence-electron chi connectivity index (χ0n) is 4.98. The van der Waals surface area contributed by atoms with E-state index < -0.39 is 0 Å². The average molecular weight is 129 g/mol. The molecular formula is C6H12NP. The van der Waals surface area contributed by atoms with Crippen molar-refractivity contribution in [2.75, 3.05) is 13.1 Å². The van der Waals surface area contributed by atoms with Crippen molar-refractivity contribution in [2.24, 2.45) is 0 Å². The van der Waals surface area contributed by atoms with Gasteiger partial charge in [-0.15, -0.1) is 8.58 Å². The maximum Gasteiger partial charge on any atom is 0.00169 e. The second-order valence-electron chi connectivity index (χ2n) is 2.80. The van der Waals surface area contributed by atoms with Gasteiger partial charge in [0.2, 0.25) is 0 Å². The van der Waals surface area contributed by atoms with Crippen molar-refractivity contribution in [1.82, 2.24) is 5.32 Å². The summed E-state index contributed by atoms with van der Waals surface area (Å²) in [4.78, 5) is 0. The molecule has 1 nitrogen and oxygen atoms in total. The Bertz CT molecular complexity index is 80.5. The van der Waals surface area contributed by atoms with Crippen molar-refractivity contribution in [3.05, 3.63) is 0 Å². The third kappa shape index (κ3) is 0.784. The van der Waals surface area contributed by atoms with Crippen molar-refractivity contribution in [2.45, 2.75) is 24.2 Å². The minimum atomic E-state index is 1.08. The van der Waals surface area contributed by atoms with Crippen LogP contribution in [0.3, 0.4) is 0 Å². The van der Waals surface area contributed by atoms with E-state index in [-0.39, 0.29) is 0 Å². The Labute approximate surface area is 52.0 Å². The van der Waals surface area contributed by atoms with Crippen LogP contribution in [-0.2, 0) is 0 Å². The van der Waals surface area contributed by atoms with Crippen molar-refractivity contribution in [3.63, 3.8) is 0 Å². The molecule has 0 spiro atoms. The molecule has 0 saturated carbocycles. The first-order valence-electron chi connectivity index (χ1n) is 3.42. The molecule has 2 atom stereocenters. The first-order valence-corrected chi connectivity index (χ1v) is 4.57. The zero-order valence-corrected chi connectivity index (χ0v) is 5.98. The van der Waals surface area contributed by atoms with Crippen LogP contribution in [0.1, 0.15) is 12.8 Å². The molecular weight excluding hydrogens is 117 g/mol. The van der Waals surface area contributed by atoms with Crippen LogP contribution in [-0.4, -0.2) is 24.4 Å². The fraction of sp³-hybridized carbons (Fsp3) is 1.00. The normalized spacial score (nSPS) is 48.0. The summed E-state index contributed by atoms with van der Waals surface area (Å²) >= 11 is 0. The highest BCUT2D eigenvalue weighted by molar-refractivity contribution is 7.40. The summed E-state index contributed by atoms with van der Waals surface area (Å²) in [5.41, 5.74) is 2.16. The third-order valence-corrected chi connectivity index (χ3v) is 4.04. The van der Waals surface area contributed by atoms with E-state index in [0.29, 0.717) is 0 Å². The molecule has 2 unspecified atom stereocenters. The SMILES string of the molecule is C1CC2CNCC1P2. The lowest BCUT2D eigenvalue weighted by atomic mass is 10.2. The first kappa shape index (κ1) is 5.20. The van der Waals surface area contributed by atoms with Crippen molar-refractivity contribution in [1.29, 1.82) is 0 Å². The molecule has 0 amide bonds. The highest BCUT2D eigenvalue weighted by Crippen LogP contribution is 2.40. The topological polar surface area (TPSA) is 12.0 Å². The van der Waals surface area contributed by atoms with Gasteiger partial charge in [0.05, 0.1) is 0 Å². The summed E-state index contributed by atoms with van der Waals surface area (Å²) in [6.07, 6.45) is 3.02. The molecule has 8 heavy (non-hydrogen) atoms. The van der Waals surface area contributed by atoms with Crippen LogP contribution in [0.5, 0.6) is 0 Å². The minimum Gasteiger partial charge on any atom is -0.315 e. The van der Waals surface area contributed by atoms with Gasteiger partial charge < -0.3 is 5.32 Å². The third-order valence-electron chi connectivity index (χ3n) is 2.12. The smallest absolute Gasteiger partial charge is 0.00169 e. The number of rotatable bonds is 0. The lowest BCUT2D eigenvalue weighted by molar-refractivity contribution is 0.684. The Hall–Kier alpha value is 0.390. The zero-order chi connectivity index (χ0) is 5.40. The van der Waals surface area contributed by atoms with Crippen LogP contribution < -0.4 is 5.32 Å². The predicted octanol–water partition coefficient (Wildman–Crippen LogP) is 0.799. The highest BCUT2D eigenvalue weighted by atomic mass is 31.1. The molecule has 0 aromatic heterocycles. The van der Waals surface area contributed by atoms with E-state index in [1.807, 2.05) is 0 Å². The molecule has 2 heterocycles. The molecule has 2 bridgehead atoms. The van der Waals surface area contributed by atoms with E-state index in [2.05, 4.69) is 5.32 Å². The van der Waals surface area contributed by atoms with E-state index >= 15 is 0 Å². The summed E-state index contributed by atoms with van der Waals surface area (Å²) in [5, 5.41) is 3.45. The van der Waals surface area contributed by atoms with Crippen LogP contribution in [0.15, 0.2) is 0 Å². The Morgan fingerprint density at radius 3 is 2.25 bits per heavy atom. The maximum absolute atomic E-state index is 3.45. The molecule has 2 rings (SSSR count). The molecule has 2 fully saturated rings. The quantitative estimate of drug-likeness (QED) is 0.477. The molecule has 1 N–H and O–H groups in total. The molecule has 0 radical (unpaired) electrons. The number of hydrogen-bond donors (Lipinski definition) is 1. The molecule has 2 aliphatic heterocycles. The van der Waals surface area contributed by atoms with E-state index in [1.165, 1.54) is 34.5 Å². The summed E-state index contributed by atoms with van der Waals surface area (Å²) < 4.78 is 0. The van der Waals surface area contributed by atoms with Gasteiger partial charge >= 0.3 is 0 Å². The van der Waals surface area contributed by atoms with Crippen molar-refractivity contribution < 1.29 is 0 Å². The second-order valence-corrected chi connectivity index (χ2v) is 4.76. The van der Waals surface area contributed by atoms with Gasteiger partial charge in [-0.05, 0) is 24.2 Å². The van der Waals surface area contributed by atoms with Gasteiger partial charge in [-0.25, -0.2) is 0 Å². The standard InChI is InChI=1S/C6H12NP/c1-2-6-4-7-3-5(1)8-6/h5-8H,1-4H2. The first-order chi connectivity index (χ1) is 3.95. The molecule has 0 aromatic carbocycles. The van der Waals surface area contributed by atoms with Crippen LogP contribution in [0.4, 0.5) is 0 Å². The maximum atomic E-state index is 3.45. The fourth-order valence-corrected chi connectivity index (χ4v) is 3.51. The lowest BCUT2D eigenvalue weighted by Crippen LogP contribution is -2.30. The van der Waals surface area contributed by atoms with Crippen LogP contribution in [0, 0.1) is 0 Å². The summed E-state index contributed by atoms with van der Waals surface area (Å²) in [6, 6.07) is 0. The van der Waals surface area contributed by atoms with Gasteiger partial charge in [-0.1, -0.05) is 0 Å². The molecule has 2 aliphatic rings. The molecule has 0 aliphatic carbocycles. The molecule has 2 saturated heterocycles. The molecule has 46 valence electrons. The minimum absolute atomic E-state index is 1.08. The predicted molar refractivity (Wildman–Crippen MR) is 38.0 cm³/mol. The molecule has 0 aromatic rings. The average Bonchev–Trinajstić information content (AvgIpc) is 2.12. The van der Waals surface area contributed by atoms with E-state index in [1.54, 1.807) is 0 Å². The van der Waals surface area contributed by atoms with Gasteiger partial charge in [0.1, 0.15) is 0 Å². The van der Waals surface area contributed by atoms with E-state index in [9.17, 15) is 0 Å². The van der Waals surface area contributed by atoms with Crippen molar-refractivity contribution in [3.8, 4) is 0 Å². The van der Waals surface area contributed by atoms with E-state index in [4.69, 9.17) is 0 Å². The Kier molecular flexibility index (Phi) is 1.28. The van der Waals surface area contributed by atoms with Crippen LogP contribution in [0.2, 0.25) is 0 Å². The number of hydrogen-bond acceptors (Lipinski definition) is 1. The Morgan fingerprint density at radius 1 is 1.12 bits per heavy atom. The van der Waals surface area contributed by atoms with Gasteiger partial charge in [-0.3, -0.25) is 0 Å². The second kappa shape index (κ2) is 1.97. The van der Waals surface area contributed by atoms with Gasteiger partial charge in [-0.2, -0.15) is 0 Å². The Morgan fingerprint density at radius 2 is 1.75 bits per heavy atom. The molecule has 2 heteroatoms. The van der Waals surface area contributed by atoms with Gasteiger partial charge in [0.25, 0.3) is 0 Å². The van der Waals surface area contributed by atoms with Gasteiger partial charge in [0.15, 0.2) is 0 Å². The largest absolute Gasteiger partial charge is 0.315 e. The summed E-state index contributed by atoms with van der Waals surface area (Å²) in [7, 11) is 1.30. The van der Waals surface area contributed by atoms with E-state index in [0.717, 1.165) is 11.3 Å². The summed E-state index contributed by atoms with van der Waals surface area (Å²) in [5.74, 6) is 0.